The number of amides is 1. The van der Waals surface area contributed by atoms with Gasteiger partial charge in [-0.3, -0.25) is 9.69 Å². The van der Waals surface area contributed by atoms with Crippen LogP contribution in [0, 0.1) is 11.8 Å². The zero-order valence-corrected chi connectivity index (χ0v) is 29.0. The van der Waals surface area contributed by atoms with Crippen molar-refractivity contribution in [3.8, 4) is 0 Å². The number of ketones is 1. The van der Waals surface area contributed by atoms with Gasteiger partial charge in [0.05, 0.1) is 0 Å². The van der Waals surface area contributed by atoms with Crippen molar-refractivity contribution in [1.29, 1.82) is 0 Å². The summed E-state index contributed by atoms with van der Waals surface area (Å²) in [6.45, 7) is 18.4. The summed E-state index contributed by atoms with van der Waals surface area (Å²) >= 11 is 0. The average molecular weight is 594 g/mol. The van der Waals surface area contributed by atoms with Crippen molar-refractivity contribution < 1.29 is 14.3 Å². The Morgan fingerprint density at radius 1 is 0.881 bits per heavy atom. The quantitative estimate of drug-likeness (QED) is 0.268. The molecule has 0 N–H and O–H groups in total. The third-order valence-electron chi connectivity index (χ3n) is 11.7. The number of allylic oxidation sites excluding steroid dienone is 1. The first-order valence-electron chi connectivity index (χ1n) is 17.2. The molecule has 3 atom stereocenters. The van der Waals surface area contributed by atoms with Crippen LogP contribution in [-0.4, -0.2) is 37.0 Å². The largest absolute Gasteiger partial charge is 0.446 e. The molecule has 0 bridgehead atoms. The number of hydrogen-bond acceptors (Lipinski definition) is 3. The molecular weight excluding hydrogens is 534 g/mol. The molecular formula is C37H59NO3Si. The van der Waals surface area contributed by atoms with E-state index in [1.807, 2.05) is 11.1 Å². The van der Waals surface area contributed by atoms with Crippen molar-refractivity contribution in [2.24, 2.45) is 11.8 Å². The van der Waals surface area contributed by atoms with Gasteiger partial charge in [0.15, 0.2) is 5.78 Å². The minimum atomic E-state index is -2.24. The van der Waals surface area contributed by atoms with E-state index in [1.54, 1.807) is 0 Å². The lowest BCUT2D eigenvalue weighted by Gasteiger charge is -2.48. The SMILES string of the molecule is CC(C)[Si](C1=CN(C(=O)OC2CCCCC2C(C)(C)c2ccccc2)[C@H](CC2CCCCC2)CC1=O)(C(C)C)C(C)C. The molecule has 1 aromatic rings. The molecule has 0 saturated heterocycles. The summed E-state index contributed by atoms with van der Waals surface area (Å²) in [6, 6.07) is 10.6. The van der Waals surface area contributed by atoms with Crippen molar-refractivity contribution in [2.75, 3.05) is 0 Å². The van der Waals surface area contributed by atoms with Gasteiger partial charge >= 0.3 is 6.09 Å². The van der Waals surface area contributed by atoms with Crippen LogP contribution in [0.5, 0.6) is 0 Å². The van der Waals surface area contributed by atoms with E-state index in [0.29, 0.717) is 34.7 Å². The maximum absolute atomic E-state index is 14.4. The van der Waals surface area contributed by atoms with Crippen LogP contribution in [0.2, 0.25) is 16.6 Å². The summed E-state index contributed by atoms with van der Waals surface area (Å²) in [7, 11) is -2.24. The second-order valence-corrected chi connectivity index (χ2v) is 21.1. The van der Waals surface area contributed by atoms with Crippen molar-refractivity contribution in [2.45, 2.75) is 160 Å². The van der Waals surface area contributed by atoms with Gasteiger partial charge in [0, 0.05) is 24.6 Å². The van der Waals surface area contributed by atoms with E-state index < -0.39 is 8.07 Å². The summed E-state index contributed by atoms with van der Waals surface area (Å²) < 4.78 is 6.59. The molecule has 3 aliphatic rings. The van der Waals surface area contributed by atoms with Crippen molar-refractivity contribution >= 4 is 20.0 Å². The molecule has 234 valence electrons. The predicted octanol–water partition coefficient (Wildman–Crippen LogP) is 10.4. The van der Waals surface area contributed by atoms with Gasteiger partial charge in [0.2, 0.25) is 0 Å². The highest BCUT2D eigenvalue weighted by Gasteiger charge is 2.51. The minimum absolute atomic E-state index is 0.0953. The van der Waals surface area contributed by atoms with E-state index in [1.165, 1.54) is 44.1 Å². The standard InChI is InChI=1S/C37H59NO3Si/c1-26(2)42(27(3)4,28(5)6)35-25-38(31(24-33(35)39)23-29-17-11-9-12-18-29)36(40)41-34-22-16-15-21-32(34)37(7,8)30-19-13-10-14-20-30/h10,13-14,19-20,25-29,31-32,34H,9,11-12,15-18,21-24H2,1-8H3/t31-,32?,34?/m1/s1. The van der Waals surface area contributed by atoms with Crippen molar-refractivity contribution in [3.05, 3.63) is 47.3 Å². The van der Waals surface area contributed by atoms with Crippen LogP contribution in [0.4, 0.5) is 4.79 Å². The van der Waals surface area contributed by atoms with Crippen molar-refractivity contribution in [3.63, 3.8) is 0 Å². The number of carbonyl (C=O) groups excluding carboxylic acids is 2. The monoisotopic (exact) mass is 593 g/mol. The number of rotatable bonds is 9. The second kappa shape index (κ2) is 13.8. The average Bonchev–Trinajstić information content (AvgIpc) is 2.95. The smallest absolute Gasteiger partial charge is 0.414 e. The molecule has 42 heavy (non-hydrogen) atoms. The summed E-state index contributed by atoms with van der Waals surface area (Å²) in [5.74, 6) is 1.15. The van der Waals surface area contributed by atoms with Gasteiger partial charge in [0.1, 0.15) is 14.2 Å². The Morgan fingerprint density at radius 3 is 2.05 bits per heavy atom. The molecule has 2 saturated carbocycles. The molecule has 1 heterocycles. The Bertz CT molecular complexity index is 1060. The molecule has 2 aliphatic carbocycles. The third-order valence-corrected chi connectivity index (χ3v) is 18.7. The van der Waals surface area contributed by atoms with Gasteiger partial charge in [-0.2, -0.15) is 0 Å². The van der Waals surface area contributed by atoms with Crippen LogP contribution in [0.3, 0.4) is 0 Å². The van der Waals surface area contributed by atoms with E-state index in [4.69, 9.17) is 4.74 Å². The first-order chi connectivity index (χ1) is 19.9. The number of hydrogen-bond donors (Lipinski definition) is 0. The molecule has 4 rings (SSSR count). The molecule has 0 radical (unpaired) electrons. The van der Waals surface area contributed by atoms with Crippen LogP contribution in [0.1, 0.15) is 132 Å². The van der Waals surface area contributed by atoms with E-state index in [-0.39, 0.29) is 29.6 Å². The fourth-order valence-electron chi connectivity index (χ4n) is 9.57. The zero-order chi connectivity index (χ0) is 30.7. The highest BCUT2D eigenvalue weighted by Crippen LogP contribution is 2.49. The Hall–Kier alpha value is -1.88. The van der Waals surface area contributed by atoms with Crippen molar-refractivity contribution in [1.82, 2.24) is 4.90 Å². The molecule has 1 aromatic carbocycles. The van der Waals surface area contributed by atoms with Crippen LogP contribution in [0.15, 0.2) is 41.7 Å². The zero-order valence-electron chi connectivity index (χ0n) is 28.0. The normalized spacial score (nSPS) is 24.8. The fourth-order valence-corrected chi connectivity index (χ4v) is 16.4. The van der Waals surface area contributed by atoms with Gasteiger partial charge in [-0.25, -0.2) is 4.79 Å². The first-order valence-corrected chi connectivity index (χ1v) is 19.4. The first kappa shape index (κ1) is 33.0. The number of Topliss-reactive ketones (excluding diaryl/α,β-unsaturated/α-hetero) is 1. The molecule has 2 fully saturated rings. The Labute approximate surface area is 258 Å². The topological polar surface area (TPSA) is 46.6 Å². The van der Waals surface area contributed by atoms with Gasteiger partial charge in [-0.05, 0) is 64.4 Å². The lowest BCUT2D eigenvalue weighted by molar-refractivity contribution is -0.117. The van der Waals surface area contributed by atoms with Crippen LogP contribution >= 0.6 is 0 Å². The van der Waals surface area contributed by atoms with Gasteiger partial charge < -0.3 is 4.74 Å². The maximum Gasteiger partial charge on any atom is 0.414 e. The van der Waals surface area contributed by atoms with Gasteiger partial charge in [-0.15, -0.1) is 0 Å². The molecule has 0 aromatic heterocycles. The summed E-state index contributed by atoms with van der Waals surface area (Å²) in [5, 5.41) is 0.976. The molecule has 4 nitrogen and oxygen atoms in total. The van der Waals surface area contributed by atoms with E-state index in [2.05, 4.69) is 85.7 Å². The minimum Gasteiger partial charge on any atom is -0.446 e. The maximum atomic E-state index is 14.4. The Kier molecular flexibility index (Phi) is 10.9. The highest BCUT2D eigenvalue weighted by atomic mass is 28.3. The summed E-state index contributed by atoms with van der Waals surface area (Å²) in [6.07, 6.45) is 13.5. The van der Waals surface area contributed by atoms with E-state index in [0.717, 1.165) is 30.9 Å². The summed E-state index contributed by atoms with van der Waals surface area (Å²) in [5.41, 5.74) is 2.45. The second-order valence-electron chi connectivity index (χ2n) is 15.3. The van der Waals surface area contributed by atoms with Gasteiger partial charge in [0.25, 0.3) is 0 Å². The number of ether oxygens (including phenoxy) is 1. The number of benzene rings is 1. The lowest BCUT2D eigenvalue weighted by Crippen LogP contribution is -2.54. The Morgan fingerprint density at radius 2 is 1.45 bits per heavy atom. The predicted molar refractivity (Wildman–Crippen MR) is 177 cm³/mol. The lowest BCUT2D eigenvalue weighted by atomic mass is 9.66. The van der Waals surface area contributed by atoms with Crippen LogP contribution in [-0.2, 0) is 14.9 Å². The molecule has 5 heteroatoms. The van der Waals surface area contributed by atoms with Gasteiger partial charge in [-0.1, -0.05) is 124 Å². The third kappa shape index (κ3) is 6.61. The molecule has 0 spiro atoms. The molecule has 1 amide bonds. The van der Waals surface area contributed by atoms with Crippen LogP contribution < -0.4 is 0 Å². The molecule has 2 unspecified atom stereocenters. The number of nitrogens with zero attached hydrogens (tertiary/aromatic N) is 1. The molecule has 1 aliphatic heterocycles. The Balaban J connectivity index is 1.69. The summed E-state index contributed by atoms with van der Waals surface area (Å²) in [4.78, 5) is 30.4. The van der Waals surface area contributed by atoms with E-state index >= 15 is 0 Å². The van der Waals surface area contributed by atoms with E-state index in [9.17, 15) is 9.59 Å². The number of carbonyl (C=O) groups is 2. The highest BCUT2D eigenvalue weighted by molar-refractivity contribution is 6.93. The fraction of sp³-hybridized carbons (Fsp3) is 0.730. The van der Waals surface area contributed by atoms with Crippen LogP contribution in [0.25, 0.3) is 0 Å².